The highest BCUT2D eigenvalue weighted by Gasteiger charge is 2.05. The van der Waals surface area contributed by atoms with Gasteiger partial charge in [0.25, 0.3) is 5.91 Å². The van der Waals surface area contributed by atoms with Crippen LogP contribution in [0, 0.1) is 0 Å². The molecule has 0 unspecified atom stereocenters. The van der Waals surface area contributed by atoms with Gasteiger partial charge in [0.15, 0.2) is 0 Å². The lowest BCUT2D eigenvalue weighted by Gasteiger charge is -2.11. The summed E-state index contributed by atoms with van der Waals surface area (Å²) in [7, 11) is 3.97. The minimum atomic E-state index is -0.0423. The molecule has 2 aromatic rings. The molecule has 0 saturated carbocycles. The summed E-state index contributed by atoms with van der Waals surface area (Å²) < 4.78 is 5.77. The average Bonchev–Trinajstić information content (AvgIpc) is 2.65. The molecule has 1 N–H and O–H groups in total. The molecule has 2 aromatic carbocycles. The zero-order chi connectivity index (χ0) is 18.6. The van der Waals surface area contributed by atoms with Crippen LogP contribution in [0.2, 0.25) is 0 Å². The quantitative estimate of drug-likeness (QED) is 0.585. The van der Waals surface area contributed by atoms with Gasteiger partial charge in [0, 0.05) is 18.7 Å². The lowest BCUT2D eigenvalue weighted by atomic mass is 10.1. The Labute approximate surface area is 169 Å². The Bertz CT molecular complexity index is 645. The fourth-order valence-electron chi connectivity index (χ4n) is 2.64. The van der Waals surface area contributed by atoms with E-state index >= 15 is 0 Å². The molecular formula is C22H31ClN2O2. The van der Waals surface area contributed by atoms with E-state index in [0.717, 1.165) is 31.6 Å². The number of aryl methyl sites for hydroxylation is 1. The van der Waals surface area contributed by atoms with E-state index in [4.69, 9.17) is 4.74 Å². The maximum absolute atomic E-state index is 12.0. The van der Waals surface area contributed by atoms with Crippen molar-refractivity contribution in [3.8, 4) is 5.75 Å². The van der Waals surface area contributed by atoms with Gasteiger partial charge < -0.3 is 15.0 Å². The second-order valence-electron chi connectivity index (χ2n) is 6.73. The molecule has 0 aliphatic heterocycles. The van der Waals surface area contributed by atoms with Gasteiger partial charge >= 0.3 is 0 Å². The first-order valence-corrected chi connectivity index (χ1v) is 9.35. The third-order valence-electron chi connectivity index (χ3n) is 4.18. The van der Waals surface area contributed by atoms with Crippen molar-refractivity contribution in [2.24, 2.45) is 0 Å². The van der Waals surface area contributed by atoms with Crippen LogP contribution >= 0.6 is 12.4 Å². The van der Waals surface area contributed by atoms with Crippen molar-refractivity contribution >= 4 is 18.3 Å². The molecule has 5 heteroatoms. The van der Waals surface area contributed by atoms with Gasteiger partial charge in [0.1, 0.15) is 5.75 Å². The number of hydrogen-bond acceptors (Lipinski definition) is 3. The smallest absolute Gasteiger partial charge is 0.251 e. The van der Waals surface area contributed by atoms with E-state index < -0.39 is 0 Å². The second kappa shape index (κ2) is 13.2. The topological polar surface area (TPSA) is 41.6 Å². The molecule has 0 aromatic heterocycles. The fraction of sp³-hybridized carbons (Fsp3) is 0.409. The number of carbonyl (C=O) groups is 1. The maximum atomic E-state index is 12.0. The van der Waals surface area contributed by atoms with Crippen molar-refractivity contribution in [1.29, 1.82) is 0 Å². The van der Waals surface area contributed by atoms with Crippen LogP contribution in [0.25, 0.3) is 0 Å². The summed E-state index contributed by atoms with van der Waals surface area (Å²) >= 11 is 0. The molecule has 4 nitrogen and oxygen atoms in total. The minimum Gasteiger partial charge on any atom is -0.494 e. The van der Waals surface area contributed by atoms with E-state index in [2.05, 4.69) is 35.6 Å². The van der Waals surface area contributed by atoms with Crippen LogP contribution in [-0.4, -0.2) is 44.6 Å². The van der Waals surface area contributed by atoms with Crippen LogP contribution in [-0.2, 0) is 6.42 Å². The number of halogens is 1. The molecule has 0 fully saturated rings. The van der Waals surface area contributed by atoms with Crippen molar-refractivity contribution in [3.05, 3.63) is 65.7 Å². The minimum absolute atomic E-state index is 0. The van der Waals surface area contributed by atoms with E-state index in [1.807, 2.05) is 43.3 Å². The molecule has 0 aliphatic carbocycles. The SMILES string of the molecule is CN(C)CCNC(=O)c1ccc(OCCCCCc2ccccc2)cc1.Cl. The Hall–Kier alpha value is -2.04. The number of likely N-dealkylation sites (N-methyl/N-ethyl adjacent to an activating group) is 1. The molecule has 2 rings (SSSR count). The van der Waals surface area contributed by atoms with Gasteiger partial charge in [-0.2, -0.15) is 0 Å². The van der Waals surface area contributed by atoms with Crippen molar-refractivity contribution in [2.45, 2.75) is 25.7 Å². The monoisotopic (exact) mass is 390 g/mol. The first kappa shape index (κ1) is 23.0. The number of hydrogen-bond donors (Lipinski definition) is 1. The molecule has 0 aliphatic rings. The first-order chi connectivity index (χ1) is 12.6. The van der Waals surface area contributed by atoms with Crippen LogP contribution in [0.15, 0.2) is 54.6 Å². The van der Waals surface area contributed by atoms with Gasteiger partial charge in [-0.15, -0.1) is 12.4 Å². The summed E-state index contributed by atoms with van der Waals surface area (Å²) in [5.41, 5.74) is 2.06. The van der Waals surface area contributed by atoms with Crippen LogP contribution in [0.3, 0.4) is 0 Å². The van der Waals surface area contributed by atoms with E-state index in [1.54, 1.807) is 0 Å². The van der Waals surface area contributed by atoms with Gasteiger partial charge in [-0.05, 0) is 69.6 Å². The molecule has 0 spiro atoms. The van der Waals surface area contributed by atoms with Gasteiger partial charge in [0.05, 0.1) is 6.61 Å². The number of nitrogens with zero attached hydrogens (tertiary/aromatic N) is 1. The molecule has 148 valence electrons. The number of rotatable bonds is 11. The van der Waals surface area contributed by atoms with Crippen molar-refractivity contribution in [3.63, 3.8) is 0 Å². The lowest BCUT2D eigenvalue weighted by molar-refractivity contribution is 0.0951. The summed E-state index contributed by atoms with van der Waals surface area (Å²) in [5.74, 6) is 0.775. The number of amides is 1. The normalized spacial score (nSPS) is 10.3. The summed E-state index contributed by atoms with van der Waals surface area (Å²) in [6.45, 7) is 2.19. The molecule has 0 saturated heterocycles. The largest absolute Gasteiger partial charge is 0.494 e. The Morgan fingerprint density at radius 1 is 0.963 bits per heavy atom. The number of ether oxygens (including phenoxy) is 1. The number of nitrogens with one attached hydrogen (secondary N) is 1. The summed E-state index contributed by atoms with van der Waals surface area (Å²) in [4.78, 5) is 14.1. The predicted molar refractivity (Wildman–Crippen MR) is 114 cm³/mol. The Morgan fingerprint density at radius 3 is 2.33 bits per heavy atom. The molecule has 1 amide bonds. The van der Waals surface area contributed by atoms with Gasteiger partial charge in [-0.25, -0.2) is 0 Å². The zero-order valence-electron chi connectivity index (χ0n) is 16.3. The number of unbranched alkanes of at least 4 members (excludes halogenated alkanes) is 2. The predicted octanol–water partition coefficient (Wildman–Crippen LogP) is 4.19. The standard InChI is InChI=1S/C22H30N2O2.ClH/c1-24(2)17-16-23-22(25)20-12-14-21(15-13-20)26-18-8-4-7-11-19-9-5-3-6-10-19;/h3,5-6,9-10,12-15H,4,7-8,11,16-18H2,1-2H3,(H,23,25);1H. The van der Waals surface area contributed by atoms with Crippen LogP contribution in [0.5, 0.6) is 5.75 Å². The summed E-state index contributed by atoms with van der Waals surface area (Å²) in [5, 5.41) is 2.91. The Kier molecular flexibility index (Phi) is 11.2. The van der Waals surface area contributed by atoms with Crippen molar-refractivity contribution < 1.29 is 9.53 Å². The van der Waals surface area contributed by atoms with Gasteiger partial charge in [-0.1, -0.05) is 30.3 Å². The lowest BCUT2D eigenvalue weighted by Crippen LogP contribution is -2.31. The van der Waals surface area contributed by atoms with E-state index in [-0.39, 0.29) is 18.3 Å². The van der Waals surface area contributed by atoms with Crippen LogP contribution < -0.4 is 10.1 Å². The summed E-state index contributed by atoms with van der Waals surface area (Å²) in [6.07, 6.45) is 4.50. The van der Waals surface area contributed by atoms with E-state index in [1.165, 1.54) is 12.0 Å². The highest BCUT2D eigenvalue weighted by molar-refractivity contribution is 5.94. The van der Waals surface area contributed by atoms with Crippen LogP contribution in [0.4, 0.5) is 0 Å². The Balaban J connectivity index is 0.00000364. The van der Waals surface area contributed by atoms with Crippen LogP contribution in [0.1, 0.15) is 35.2 Å². The molecule has 27 heavy (non-hydrogen) atoms. The van der Waals surface area contributed by atoms with Crippen molar-refractivity contribution in [2.75, 3.05) is 33.8 Å². The Morgan fingerprint density at radius 2 is 1.67 bits per heavy atom. The average molecular weight is 391 g/mol. The van der Waals surface area contributed by atoms with E-state index in [9.17, 15) is 4.79 Å². The van der Waals surface area contributed by atoms with Crippen molar-refractivity contribution in [1.82, 2.24) is 10.2 Å². The molecular weight excluding hydrogens is 360 g/mol. The summed E-state index contributed by atoms with van der Waals surface area (Å²) in [6, 6.07) is 17.9. The highest BCUT2D eigenvalue weighted by atomic mass is 35.5. The molecule has 0 radical (unpaired) electrons. The molecule has 0 bridgehead atoms. The third kappa shape index (κ3) is 9.45. The van der Waals surface area contributed by atoms with Gasteiger partial charge in [-0.3, -0.25) is 4.79 Å². The fourth-order valence-corrected chi connectivity index (χ4v) is 2.64. The number of benzene rings is 2. The zero-order valence-corrected chi connectivity index (χ0v) is 17.1. The second-order valence-corrected chi connectivity index (χ2v) is 6.73. The van der Waals surface area contributed by atoms with Gasteiger partial charge in [0.2, 0.25) is 0 Å². The number of carbonyl (C=O) groups excluding carboxylic acids is 1. The third-order valence-corrected chi connectivity index (χ3v) is 4.18. The molecule has 0 heterocycles. The van der Waals surface area contributed by atoms with E-state index in [0.29, 0.717) is 18.7 Å². The maximum Gasteiger partial charge on any atom is 0.251 e. The molecule has 0 atom stereocenters. The first-order valence-electron chi connectivity index (χ1n) is 9.35. The highest BCUT2D eigenvalue weighted by Crippen LogP contribution is 2.13.